The first-order valence-electron chi connectivity index (χ1n) is 8.24. The molecule has 3 aromatic rings. The van der Waals surface area contributed by atoms with Gasteiger partial charge in [-0.05, 0) is 53.6 Å². The molecule has 138 valence electrons. The molecule has 4 nitrogen and oxygen atoms in total. The molecule has 0 aliphatic heterocycles. The molecule has 0 amide bonds. The Morgan fingerprint density at radius 2 is 1.81 bits per heavy atom. The molecular formula is C21H18ClNO3S. The first-order valence-corrected chi connectivity index (χ1v) is 9.43. The van der Waals surface area contributed by atoms with Crippen LogP contribution in [0.1, 0.15) is 16.0 Å². The maximum absolute atomic E-state index is 11.3. The highest BCUT2D eigenvalue weighted by molar-refractivity contribution is 7.17. The van der Waals surface area contributed by atoms with E-state index in [0.717, 1.165) is 37.9 Å². The van der Waals surface area contributed by atoms with Gasteiger partial charge in [-0.1, -0.05) is 23.7 Å². The second kappa shape index (κ2) is 8.37. The van der Waals surface area contributed by atoms with Crippen LogP contribution in [-0.4, -0.2) is 30.9 Å². The van der Waals surface area contributed by atoms with Crippen molar-refractivity contribution in [2.75, 3.05) is 14.2 Å². The Balaban J connectivity index is 2.06. The number of thiophene rings is 1. The van der Waals surface area contributed by atoms with E-state index in [1.807, 2.05) is 42.5 Å². The van der Waals surface area contributed by atoms with Gasteiger partial charge < -0.3 is 9.84 Å². The maximum Gasteiger partial charge on any atom is 0.307 e. The Kier molecular flexibility index (Phi) is 5.94. The quantitative estimate of drug-likeness (QED) is 0.581. The van der Waals surface area contributed by atoms with Crippen LogP contribution in [-0.2, 0) is 11.2 Å². The molecule has 0 radical (unpaired) electrons. The number of methoxy groups -OCH3 is 1. The Morgan fingerprint density at radius 3 is 2.37 bits per heavy atom. The van der Waals surface area contributed by atoms with Crippen LogP contribution in [0.2, 0.25) is 5.02 Å². The number of carboxylic acids is 1. The number of hydrogen-bond acceptors (Lipinski definition) is 4. The molecule has 2 aromatic carbocycles. The normalized spacial score (nSPS) is 11.4. The summed E-state index contributed by atoms with van der Waals surface area (Å²) in [6, 6.07) is 17.0. The fourth-order valence-corrected chi connectivity index (χ4v) is 4.18. The zero-order valence-corrected chi connectivity index (χ0v) is 16.5. The third-order valence-electron chi connectivity index (χ3n) is 4.08. The highest BCUT2D eigenvalue weighted by Crippen LogP contribution is 2.35. The van der Waals surface area contributed by atoms with Gasteiger partial charge in [0.2, 0.25) is 0 Å². The highest BCUT2D eigenvalue weighted by Gasteiger charge is 2.17. The van der Waals surface area contributed by atoms with Crippen molar-refractivity contribution >= 4 is 34.6 Å². The molecule has 1 heterocycles. The molecule has 0 saturated carbocycles. The fraction of sp³-hybridized carbons (Fsp3) is 0.143. The van der Waals surface area contributed by atoms with Crippen molar-refractivity contribution in [3.05, 3.63) is 75.6 Å². The number of ether oxygens (including phenoxy) is 1. The number of nitrogens with zero attached hydrogens (tertiary/aromatic N) is 1. The predicted octanol–water partition coefficient (Wildman–Crippen LogP) is 5.17. The van der Waals surface area contributed by atoms with Crippen molar-refractivity contribution in [1.82, 2.24) is 0 Å². The van der Waals surface area contributed by atoms with Crippen LogP contribution in [0, 0.1) is 0 Å². The van der Waals surface area contributed by atoms with Crippen LogP contribution in [0.3, 0.4) is 0 Å². The first-order chi connectivity index (χ1) is 13.0. The van der Waals surface area contributed by atoms with Crippen molar-refractivity contribution in [1.29, 1.82) is 0 Å². The van der Waals surface area contributed by atoms with Gasteiger partial charge in [0.25, 0.3) is 0 Å². The number of aliphatic imine (C=N–C) groups is 1. The molecule has 6 heteroatoms. The summed E-state index contributed by atoms with van der Waals surface area (Å²) in [6.07, 6.45) is -0.0476. The topological polar surface area (TPSA) is 58.9 Å². The molecule has 1 N–H and O–H groups in total. The summed E-state index contributed by atoms with van der Waals surface area (Å²) in [7, 11) is 3.36. The van der Waals surface area contributed by atoms with Crippen LogP contribution >= 0.6 is 22.9 Å². The van der Waals surface area contributed by atoms with Gasteiger partial charge in [0.15, 0.2) is 0 Å². The van der Waals surface area contributed by atoms with E-state index in [1.165, 1.54) is 11.3 Å². The Hall–Kier alpha value is -2.63. The second-order valence-corrected chi connectivity index (χ2v) is 7.33. The second-order valence-electron chi connectivity index (χ2n) is 5.84. The van der Waals surface area contributed by atoms with E-state index in [-0.39, 0.29) is 6.42 Å². The molecular weight excluding hydrogens is 382 g/mol. The summed E-state index contributed by atoms with van der Waals surface area (Å²) in [5, 5.41) is 9.94. The summed E-state index contributed by atoms with van der Waals surface area (Å²) < 4.78 is 5.21. The maximum atomic E-state index is 11.3. The molecule has 3 rings (SSSR count). The highest BCUT2D eigenvalue weighted by atomic mass is 35.5. The Bertz CT molecular complexity index is 976. The smallest absolute Gasteiger partial charge is 0.307 e. The van der Waals surface area contributed by atoms with Gasteiger partial charge in [0.1, 0.15) is 5.75 Å². The molecule has 1 aromatic heterocycles. The van der Waals surface area contributed by atoms with Crippen LogP contribution in [0.4, 0.5) is 0 Å². The summed E-state index contributed by atoms with van der Waals surface area (Å²) in [6.45, 7) is 0. The molecule has 0 saturated heterocycles. The molecule has 0 fully saturated rings. The van der Waals surface area contributed by atoms with Crippen LogP contribution in [0.25, 0.3) is 10.4 Å². The Labute approximate surface area is 166 Å². The average molecular weight is 400 g/mol. The van der Waals surface area contributed by atoms with Gasteiger partial charge in [-0.3, -0.25) is 9.79 Å². The number of halogens is 1. The first kappa shape index (κ1) is 19.1. The zero-order chi connectivity index (χ0) is 19.4. The van der Waals surface area contributed by atoms with Crippen LogP contribution < -0.4 is 4.74 Å². The molecule has 0 aliphatic rings. The lowest BCUT2D eigenvalue weighted by molar-refractivity contribution is -0.136. The number of carbonyl (C=O) groups is 1. The number of carboxylic acid groups (broad SMARTS) is 1. The third kappa shape index (κ3) is 4.38. The van der Waals surface area contributed by atoms with Crippen molar-refractivity contribution < 1.29 is 14.6 Å². The van der Waals surface area contributed by atoms with Crippen LogP contribution in [0.15, 0.2) is 59.6 Å². The standard InChI is InChI=1S/C21H18ClNO3S/c1-23-20(13-5-9-17(26-2)10-6-13)18-11-15(12-19(24)25)21(27-18)14-3-7-16(22)8-4-14/h3-11H,12H2,1-2H3,(H,24,25). The van der Waals surface area contributed by atoms with Gasteiger partial charge in [0.05, 0.1) is 24.1 Å². The minimum absolute atomic E-state index is 0.0476. The molecule has 0 unspecified atom stereocenters. The van der Waals surface area contributed by atoms with Crippen molar-refractivity contribution in [3.63, 3.8) is 0 Å². The van der Waals surface area contributed by atoms with E-state index in [2.05, 4.69) is 4.99 Å². The summed E-state index contributed by atoms with van der Waals surface area (Å²) in [5.74, 6) is -0.0946. The number of benzene rings is 2. The average Bonchev–Trinajstić information content (AvgIpc) is 3.06. The SMILES string of the molecule is CN=C(c1ccc(OC)cc1)c1cc(CC(=O)O)c(-c2ccc(Cl)cc2)s1. The molecule has 27 heavy (non-hydrogen) atoms. The van der Waals surface area contributed by atoms with Gasteiger partial charge in [-0.2, -0.15) is 0 Å². The van der Waals surface area contributed by atoms with E-state index in [0.29, 0.717) is 5.02 Å². The van der Waals surface area contributed by atoms with E-state index >= 15 is 0 Å². The van der Waals surface area contributed by atoms with Gasteiger partial charge >= 0.3 is 5.97 Å². The summed E-state index contributed by atoms with van der Waals surface area (Å²) in [4.78, 5) is 17.6. The van der Waals surface area contributed by atoms with E-state index in [9.17, 15) is 9.90 Å². The zero-order valence-electron chi connectivity index (χ0n) is 14.9. The molecule has 0 aliphatic carbocycles. The van der Waals surface area contributed by atoms with E-state index < -0.39 is 5.97 Å². The van der Waals surface area contributed by atoms with Gasteiger partial charge in [-0.25, -0.2) is 0 Å². The monoisotopic (exact) mass is 399 g/mol. The lowest BCUT2D eigenvalue weighted by Gasteiger charge is -2.05. The minimum Gasteiger partial charge on any atom is -0.497 e. The van der Waals surface area contributed by atoms with Crippen LogP contribution in [0.5, 0.6) is 5.75 Å². The van der Waals surface area contributed by atoms with Crippen molar-refractivity contribution in [3.8, 4) is 16.2 Å². The lowest BCUT2D eigenvalue weighted by Crippen LogP contribution is -2.02. The number of rotatable bonds is 6. The van der Waals surface area contributed by atoms with Crippen molar-refractivity contribution in [2.45, 2.75) is 6.42 Å². The number of aliphatic carboxylic acids is 1. The minimum atomic E-state index is -0.867. The lowest BCUT2D eigenvalue weighted by atomic mass is 10.0. The fourth-order valence-electron chi connectivity index (χ4n) is 2.82. The molecule has 0 atom stereocenters. The van der Waals surface area contributed by atoms with Crippen molar-refractivity contribution in [2.24, 2.45) is 4.99 Å². The van der Waals surface area contributed by atoms with E-state index in [4.69, 9.17) is 16.3 Å². The van der Waals surface area contributed by atoms with E-state index in [1.54, 1.807) is 26.3 Å². The molecule has 0 spiro atoms. The van der Waals surface area contributed by atoms with Gasteiger partial charge in [0, 0.05) is 22.5 Å². The molecule has 0 bridgehead atoms. The largest absolute Gasteiger partial charge is 0.497 e. The van der Waals surface area contributed by atoms with Gasteiger partial charge in [-0.15, -0.1) is 11.3 Å². The summed E-state index contributed by atoms with van der Waals surface area (Å²) in [5.41, 5.74) is 3.47. The Morgan fingerprint density at radius 1 is 1.15 bits per heavy atom. The third-order valence-corrected chi connectivity index (χ3v) is 5.56. The predicted molar refractivity (Wildman–Crippen MR) is 111 cm³/mol. The summed E-state index contributed by atoms with van der Waals surface area (Å²) >= 11 is 7.52. The number of hydrogen-bond donors (Lipinski definition) is 1.